The zero-order valence-electron chi connectivity index (χ0n) is 17.0. The van der Waals surface area contributed by atoms with Crippen molar-refractivity contribution < 1.29 is 27.8 Å². The lowest BCUT2D eigenvalue weighted by molar-refractivity contribution is -0.124. The lowest BCUT2D eigenvalue weighted by Crippen LogP contribution is -2.49. The van der Waals surface area contributed by atoms with Crippen molar-refractivity contribution in [2.45, 2.75) is 24.9 Å². The van der Waals surface area contributed by atoms with E-state index in [1.54, 1.807) is 0 Å². The molecular formula is C22H17ClF2N4O4. The van der Waals surface area contributed by atoms with Crippen molar-refractivity contribution in [3.05, 3.63) is 77.3 Å². The Bertz CT molecular complexity index is 1190. The SMILES string of the molecule is O=C(NC1(C(=O)NCc2ccc(Oc3ccc(Cl)cc3F)c(F)c2)CC1)Oc1cncnc1. The van der Waals surface area contributed by atoms with E-state index in [0.29, 0.717) is 18.4 Å². The highest BCUT2D eigenvalue weighted by Crippen LogP contribution is 2.36. The number of halogens is 3. The Morgan fingerprint density at radius 1 is 1.03 bits per heavy atom. The summed E-state index contributed by atoms with van der Waals surface area (Å²) in [7, 11) is 0. The molecule has 0 spiro atoms. The topological polar surface area (TPSA) is 102 Å². The van der Waals surface area contributed by atoms with Gasteiger partial charge in [0.25, 0.3) is 0 Å². The fraction of sp³-hybridized carbons (Fsp3) is 0.182. The highest BCUT2D eigenvalue weighted by atomic mass is 35.5. The minimum atomic E-state index is -1.08. The number of amides is 2. The smallest absolute Gasteiger partial charge is 0.413 e. The van der Waals surface area contributed by atoms with Crippen LogP contribution in [0.2, 0.25) is 5.02 Å². The molecule has 3 aromatic rings. The molecule has 2 aromatic carbocycles. The molecule has 1 aromatic heterocycles. The summed E-state index contributed by atoms with van der Waals surface area (Å²) >= 11 is 5.69. The van der Waals surface area contributed by atoms with Gasteiger partial charge < -0.3 is 20.1 Å². The number of rotatable bonds is 7. The van der Waals surface area contributed by atoms with Crippen LogP contribution in [0.15, 0.2) is 55.1 Å². The number of carbonyl (C=O) groups is 2. The third-order valence-electron chi connectivity index (χ3n) is 4.84. The summed E-state index contributed by atoms with van der Waals surface area (Å²) in [5.41, 5.74) is -0.634. The number of ether oxygens (including phenoxy) is 2. The summed E-state index contributed by atoms with van der Waals surface area (Å²) in [6, 6.07) is 7.80. The number of carbonyl (C=O) groups excluding carboxylic acids is 2. The van der Waals surface area contributed by atoms with Gasteiger partial charge in [0, 0.05) is 11.6 Å². The van der Waals surface area contributed by atoms with Crippen molar-refractivity contribution >= 4 is 23.6 Å². The summed E-state index contributed by atoms with van der Waals surface area (Å²) < 4.78 is 38.6. The van der Waals surface area contributed by atoms with E-state index in [1.807, 2.05) is 0 Å². The van der Waals surface area contributed by atoms with Crippen LogP contribution in [0.4, 0.5) is 13.6 Å². The van der Waals surface area contributed by atoms with Gasteiger partial charge in [-0.2, -0.15) is 0 Å². The summed E-state index contributed by atoms with van der Waals surface area (Å²) in [6.07, 6.45) is 3.99. The molecule has 33 heavy (non-hydrogen) atoms. The van der Waals surface area contributed by atoms with Gasteiger partial charge >= 0.3 is 6.09 Å². The van der Waals surface area contributed by atoms with E-state index in [2.05, 4.69) is 20.6 Å². The molecule has 0 saturated heterocycles. The second-order valence-electron chi connectivity index (χ2n) is 7.30. The average Bonchev–Trinajstić information content (AvgIpc) is 3.56. The highest BCUT2D eigenvalue weighted by Gasteiger charge is 2.51. The van der Waals surface area contributed by atoms with Gasteiger partial charge in [-0.15, -0.1) is 0 Å². The fourth-order valence-electron chi connectivity index (χ4n) is 2.96. The minimum absolute atomic E-state index is 0.0103. The molecule has 0 atom stereocenters. The number of nitrogens with one attached hydrogen (secondary N) is 2. The molecule has 1 saturated carbocycles. The molecule has 4 rings (SSSR count). The molecule has 0 radical (unpaired) electrons. The largest absolute Gasteiger partial charge is 0.451 e. The Labute approximate surface area is 191 Å². The van der Waals surface area contributed by atoms with Gasteiger partial charge in [-0.3, -0.25) is 4.79 Å². The van der Waals surface area contributed by atoms with Crippen LogP contribution < -0.4 is 20.1 Å². The number of hydrogen-bond donors (Lipinski definition) is 2. The van der Waals surface area contributed by atoms with Gasteiger partial charge in [0.05, 0.1) is 12.4 Å². The molecule has 2 amide bonds. The first kappa shape index (κ1) is 22.4. The standard InChI is InChI=1S/C22H17ClF2N4O4/c23-14-2-4-19(17(25)8-14)33-18-3-1-13(7-16(18)24)9-28-20(30)22(5-6-22)29-21(31)32-15-10-26-12-27-11-15/h1-4,7-8,10-12H,5-6,9H2,(H,28,30)(H,29,31). The molecule has 0 bridgehead atoms. The van der Waals surface area contributed by atoms with Crippen LogP contribution in [0.1, 0.15) is 18.4 Å². The van der Waals surface area contributed by atoms with Crippen LogP contribution in [-0.2, 0) is 11.3 Å². The number of hydrogen-bond acceptors (Lipinski definition) is 6. The Morgan fingerprint density at radius 2 is 1.70 bits per heavy atom. The van der Waals surface area contributed by atoms with E-state index < -0.39 is 29.2 Å². The Morgan fingerprint density at radius 3 is 2.33 bits per heavy atom. The van der Waals surface area contributed by atoms with Gasteiger partial charge in [-0.1, -0.05) is 17.7 Å². The first-order valence-electron chi connectivity index (χ1n) is 9.79. The third kappa shape index (κ3) is 5.53. The van der Waals surface area contributed by atoms with Crippen LogP contribution in [-0.4, -0.2) is 27.5 Å². The zero-order chi connectivity index (χ0) is 23.4. The van der Waals surface area contributed by atoms with E-state index in [4.69, 9.17) is 21.1 Å². The van der Waals surface area contributed by atoms with E-state index in [1.165, 1.54) is 49.1 Å². The van der Waals surface area contributed by atoms with Crippen LogP contribution in [0.3, 0.4) is 0 Å². The maximum atomic E-state index is 14.4. The second kappa shape index (κ2) is 9.37. The van der Waals surface area contributed by atoms with Crippen molar-refractivity contribution in [3.63, 3.8) is 0 Å². The first-order chi connectivity index (χ1) is 15.8. The lowest BCUT2D eigenvalue weighted by Gasteiger charge is -2.17. The van der Waals surface area contributed by atoms with Crippen molar-refractivity contribution in [1.82, 2.24) is 20.6 Å². The molecule has 11 heteroatoms. The quantitative estimate of drug-likeness (QED) is 0.533. The molecule has 170 valence electrons. The van der Waals surface area contributed by atoms with Crippen molar-refractivity contribution in [2.75, 3.05) is 0 Å². The van der Waals surface area contributed by atoms with E-state index in [-0.39, 0.29) is 28.8 Å². The predicted octanol–water partition coefficient (Wildman–Crippen LogP) is 4.14. The molecule has 1 heterocycles. The average molecular weight is 475 g/mol. The van der Waals surface area contributed by atoms with Gasteiger partial charge in [-0.05, 0) is 48.7 Å². The predicted molar refractivity (Wildman–Crippen MR) is 113 cm³/mol. The number of aromatic nitrogens is 2. The van der Waals surface area contributed by atoms with Crippen molar-refractivity contribution in [2.24, 2.45) is 0 Å². The molecule has 1 aliphatic carbocycles. The van der Waals surface area contributed by atoms with Gasteiger partial charge in [0.1, 0.15) is 11.9 Å². The van der Waals surface area contributed by atoms with Crippen molar-refractivity contribution in [1.29, 1.82) is 0 Å². The molecule has 0 aliphatic heterocycles. The summed E-state index contributed by atoms with van der Waals surface area (Å²) in [5, 5.41) is 5.40. The van der Waals surface area contributed by atoms with E-state index in [9.17, 15) is 18.4 Å². The number of benzene rings is 2. The zero-order valence-corrected chi connectivity index (χ0v) is 17.7. The molecule has 0 unspecified atom stereocenters. The highest BCUT2D eigenvalue weighted by molar-refractivity contribution is 6.30. The maximum absolute atomic E-state index is 14.4. The Hall–Kier alpha value is -3.79. The van der Waals surface area contributed by atoms with Crippen LogP contribution in [0.25, 0.3) is 0 Å². The normalized spacial score (nSPS) is 13.7. The monoisotopic (exact) mass is 474 g/mol. The first-order valence-corrected chi connectivity index (χ1v) is 10.2. The van der Waals surface area contributed by atoms with Gasteiger partial charge in [0.2, 0.25) is 5.91 Å². The molecule has 1 aliphatic rings. The molecule has 1 fully saturated rings. The lowest BCUT2D eigenvalue weighted by atomic mass is 10.2. The Kier molecular flexibility index (Phi) is 6.36. The van der Waals surface area contributed by atoms with E-state index in [0.717, 1.165) is 6.07 Å². The molecule has 2 N–H and O–H groups in total. The maximum Gasteiger partial charge on any atom is 0.413 e. The number of nitrogens with zero attached hydrogens (tertiary/aromatic N) is 2. The van der Waals surface area contributed by atoms with Crippen LogP contribution >= 0.6 is 11.6 Å². The second-order valence-corrected chi connectivity index (χ2v) is 7.73. The molecule has 8 nitrogen and oxygen atoms in total. The van der Waals surface area contributed by atoms with Crippen LogP contribution in [0.5, 0.6) is 17.2 Å². The molecular weight excluding hydrogens is 458 g/mol. The Balaban J connectivity index is 1.32. The summed E-state index contributed by atoms with van der Waals surface area (Å²) in [5.74, 6) is -2.09. The van der Waals surface area contributed by atoms with Gasteiger partial charge in [0.15, 0.2) is 28.9 Å². The van der Waals surface area contributed by atoms with Crippen molar-refractivity contribution in [3.8, 4) is 17.2 Å². The van der Waals surface area contributed by atoms with Crippen LogP contribution in [0, 0.1) is 11.6 Å². The minimum Gasteiger partial charge on any atom is -0.451 e. The van der Waals surface area contributed by atoms with Gasteiger partial charge in [-0.25, -0.2) is 23.5 Å². The third-order valence-corrected chi connectivity index (χ3v) is 5.07. The van der Waals surface area contributed by atoms with E-state index >= 15 is 0 Å². The summed E-state index contributed by atoms with van der Waals surface area (Å²) in [6.45, 7) is 0.0103. The summed E-state index contributed by atoms with van der Waals surface area (Å²) in [4.78, 5) is 32.1. The fourth-order valence-corrected chi connectivity index (χ4v) is 3.12.